The molecule has 1 aromatic heterocycles. The van der Waals surface area contributed by atoms with Crippen LogP contribution in [0.2, 0.25) is 0 Å². The fraction of sp³-hybridized carbons (Fsp3) is 0.267. The Kier molecular flexibility index (Phi) is 3.09. The van der Waals surface area contributed by atoms with Crippen LogP contribution in [-0.2, 0) is 0 Å². The molecule has 3 heterocycles. The molecular formula is C15H14N2S3. The smallest absolute Gasteiger partial charge is 0.169 e. The molecule has 20 heavy (non-hydrogen) atoms. The highest BCUT2D eigenvalue weighted by molar-refractivity contribution is 8.30. The van der Waals surface area contributed by atoms with E-state index in [4.69, 9.17) is 0 Å². The number of amidine groups is 1. The summed E-state index contributed by atoms with van der Waals surface area (Å²) >= 11 is 5.50. The van der Waals surface area contributed by atoms with E-state index in [1.165, 1.54) is 36.3 Å². The molecule has 0 saturated heterocycles. The predicted molar refractivity (Wildman–Crippen MR) is 93.6 cm³/mol. The molecule has 5 heteroatoms. The summed E-state index contributed by atoms with van der Waals surface area (Å²) in [6, 6.07) is 6.76. The van der Waals surface area contributed by atoms with Crippen molar-refractivity contribution in [3.05, 3.63) is 38.9 Å². The lowest BCUT2D eigenvalue weighted by Crippen LogP contribution is -2.20. The van der Waals surface area contributed by atoms with Gasteiger partial charge in [0.15, 0.2) is 5.17 Å². The summed E-state index contributed by atoms with van der Waals surface area (Å²) in [6.45, 7) is 4.13. The zero-order valence-electron chi connectivity index (χ0n) is 11.3. The molecule has 0 aliphatic carbocycles. The number of rotatable bonds is 2. The first-order valence-electron chi connectivity index (χ1n) is 6.55. The molecule has 1 aromatic carbocycles. The number of aryl methyl sites for hydroxylation is 1. The highest BCUT2D eigenvalue weighted by Gasteiger charge is 2.33. The van der Waals surface area contributed by atoms with E-state index < -0.39 is 0 Å². The lowest BCUT2D eigenvalue weighted by Gasteiger charge is -2.18. The summed E-state index contributed by atoms with van der Waals surface area (Å²) in [5.74, 6) is 0. The van der Waals surface area contributed by atoms with E-state index in [-0.39, 0.29) is 0 Å². The zero-order chi connectivity index (χ0) is 13.7. The van der Waals surface area contributed by atoms with Gasteiger partial charge in [0.1, 0.15) is 0 Å². The fourth-order valence-electron chi connectivity index (χ4n) is 2.75. The molecule has 0 atom stereocenters. The van der Waals surface area contributed by atoms with Crippen LogP contribution in [0, 0.1) is 6.92 Å². The molecule has 0 saturated carbocycles. The average molecular weight is 318 g/mol. The predicted octanol–water partition coefficient (Wildman–Crippen LogP) is 4.62. The maximum atomic E-state index is 4.61. The van der Waals surface area contributed by atoms with Gasteiger partial charge in [-0.2, -0.15) is 0 Å². The molecule has 102 valence electrons. The number of thiophene rings is 1. The van der Waals surface area contributed by atoms with Crippen molar-refractivity contribution in [3.8, 4) is 0 Å². The monoisotopic (exact) mass is 318 g/mol. The maximum absolute atomic E-state index is 4.61. The van der Waals surface area contributed by atoms with Crippen LogP contribution in [0.3, 0.4) is 0 Å². The summed E-state index contributed by atoms with van der Waals surface area (Å²) < 4.78 is 2.78. The largest absolute Gasteiger partial charge is 0.317 e. The first-order chi connectivity index (χ1) is 9.79. The molecule has 0 N–H and O–H groups in total. The van der Waals surface area contributed by atoms with Gasteiger partial charge in [-0.3, -0.25) is 4.99 Å². The Bertz CT molecular complexity index is 758. The number of nitrogens with zero attached hydrogens (tertiary/aromatic N) is 2. The Hall–Kier alpha value is -0.910. The second-order valence-electron chi connectivity index (χ2n) is 4.85. The molecule has 0 amide bonds. The van der Waals surface area contributed by atoms with Crippen molar-refractivity contribution >= 4 is 55.8 Å². The van der Waals surface area contributed by atoms with Gasteiger partial charge in [-0.25, -0.2) is 0 Å². The summed E-state index contributed by atoms with van der Waals surface area (Å²) in [7, 11) is 0. The van der Waals surface area contributed by atoms with Gasteiger partial charge < -0.3 is 4.90 Å². The summed E-state index contributed by atoms with van der Waals surface area (Å²) in [5.41, 5.74) is 4.09. The van der Waals surface area contributed by atoms with Gasteiger partial charge in [-0.1, -0.05) is 12.1 Å². The van der Waals surface area contributed by atoms with Gasteiger partial charge in [0.05, 0.1) is 16.5 Å². The second kappa shape index (κ2) is 4.83. The topological polar surface area (TPSA) is 15.6 Å². The number of aliphatic imine (C=N–C) groups is 1. The third-order valence-corrected chi connectivity index (χ3v) is 6.90. The quantitative estimate of drug-likeness (QED) is 0.803. The van der Waals surface area contributed by atoms with Crippen molar-refractivity contribution in [3.63, 3.8) is 0 Å². The minimum atomic E-state index is 0.924. The normalized spacial score (nSPS) is 18.1. The van der Waals surface area contributed by atoms with Crippen LogP contribution in [0.4, 0.5) is 0 Å². The van der Waals surface area contributed by atoms with E-state index in [1.54, 1.807) is 0 Å². The van der Waals surface area contributed by atoms with E-state index >= 15 is 0 Å². The SMILES string of the molecule is CSC1=C(c2ccc(C)c3ccsc23)N2CCN=C2S1. The molecule has 0 spiro atoms. The third kappa shape index (κ3) is 1.76. The van der Waals surface area contributed by atoms with Gasteiger partial charge in [-0.05, 0) is 47.3 Å². The van der Waals surface area contributed by atoms with Crippen molar-refractivity contribution in [2.24, 2.45) is 4.99 Å². The molecule has 0 bridgehead atoms. The molecule has 2 nitrogen and oxygen atoms in total. The highest BCUT2D eigenvalue weighted by Crippen LogP contribution is 2.48. The second-order valence-corrected chi connectivity index (χ2v) is 7.82. The van der Waals surface area contributed by atoms with Crippen molar-refractivity contribution in [1.29, 1.82) is 0 Å². The van der Waals surface area contributed by atoms with E-state index in [9.17, 15) is 0 Å². The molecule has 0 fully saturated rings. The van der Waals surface area contributed by atoms with Crippen LogP contribution < -0.4 is 0 Å². The lowest BCUT2D eigenvalue weighted by molar-refractivity contribution is 0.650. The standard InChI is InChI=1S/C15H14N2S3/c1-9-3-4-11(13-10(9)5-8-19-13)12-14(18-2)20-15-16-6-7-17(12)15/h3-5,8H,6-7H2,1-2H3. The minimum absolute atomic E-state index is 0.924. The van der Waals surface area contributed by atoms with Crippen LogP contribution in [0.5, 0.6) is 0 Å². The number of hydrogen-bond acceptors (Lipinski definition) is 5. The summed E-state index contributed by atoms with van der Waals surface area (Å²) in [5, 5.41) is 4.76. The van der Waals surface area contributed by atoms with Crippen molar-refractivity contribution < 1.29 is 0 Å². The molecule has 4 rings (SSSR count). The van der Waals surface area contributed by atoms with E-state index in [0.29, 0.717) is 0 Å². The number of hydrogen-bond donors (Lipinski definition) is 0. The Morgan fingerprint density at radius 3 is 3.05 bits per heavy atom. The van der Waals surface area contributed by atoms with Gasteiger partial charge >= 0.3 is 0 Å². The van der Waals surface area contributed by atoms with E-state index in [2.05, 4.69) is 46.7 Å². The molecule has 2 aliphatic heterocycles. The lowest BCUT2D eigenvalue weighted by atomic mass is 10.1. The Balaban J connectivity index is 1.96. The fourth-order valence-corrected chi connectivity index (χ4v) is 5.63. The number of thioether (sulfide) groups is 2. The molecule has 2 aromatic rings. The van der Waals surface area contributed by atoms with Gasteiger partial charge in [0, 0.05) is 16.8 Å². The maximum Gasteiger partial charge on any atom is 0.169 e. The Morgan fingerprint density at radius 2 is 2.20 bits per heavy atom. The Morgan fingerprint density at radius 1 is 1.30 bits per heavy atom. The van der Waals surface area contributed by atoms with E-state index in [0.717, 1.165) is 13.1 Å². The molecule has 0 unspecified atom stereocenters. The summed E-state index contributed by atoms with van der Waals surface area (Å²) in [4.78, 5) is 7.00. The summed E-state index contributed by atoms with van der Waals surface area (Å²) in [6.07, 6.45) is 2.16. The number of benzene rings is 1. The molecule has 0 radical (unpaired) electrons. The third-order valence-electron chi connectivity index (χ3n) is 3.72. The minimum Gasteiger partial charge on any atom is -0.317 e. The highest BCUT2D eigenvalue weighted by atomic mass is 32.2. The zero-order valence-corrected chi connectivity index (χ0v) is 13.8. The van der Waals surface area contributed by atoms with E-state index in [1.807, 2.05) is 34.9 Å². The van der Waals surface area contributed by atoms with Crippen molar-refractivity contribution in [2.45, 2.75) is 6.92 Å². The van der Waals surface area contributed by atoms with Crippen LogP contribution in [0.1, 0.15) is 11.1 Å². The van der Waals surface area contributed by atoms with Gasteiger partial charge in [-0.15, -0.1) is 23.1 Å². The van der Waals surface area contributed by atoms with Crippen LogP contribution in [-0.4, -0.2) is 29.4 Å². The Labute approximate surface area is 131 Å². The molecular weight excluding hydrogens is 304 g/mol. The average Bonchev–Trinajstić information content (AvgIpc) is 3.14. The van der Waals surface area contributed by atoms with Crippen LogP contribution >= 0.6 is 34.9 Å². The van der Waals surface area contributed by atoms with Crippen molar-refractivity contribution in [1.82, 2.24) is 4.90 Å². The number of fused-ring (bicyclic) bond motifs is 2. The van der Waals surface area contributed by atoms with Crippen LogP contribution in [0.25, 0.3) is 15.8 Å². The van der Waals surface area contributed by atoms with Gasteiger partial charge in [0.2, 0.25) is 0 Å². The molecule has 2 aliphatic rings. The first-order valence-corrected chi connectivity index (χ1v) is 9.47. The van der Waals surface area contributed by atoms with Crippen molar-refractivity contribution in [2.75, 3.05) is 19.3 Å². The van der Waals surface area contributed by atoms with Crippen LogP contribution in [0.15, 0.2) is 32.8 Å². The van der Waals surface area contributed by atoms with Gasteiger partial charge in [0.25, 0.3) is 0 Å². The first kappa shape index (κ1) is 12.8.